The van der Waals surface area contributed by atoms with Gasteiger partial charge >= 0.3 is 0 Å². The Morgan fingerprint density at radius 1 is 1.14 bits per heavy atom. The summed E-state index contributed by atoms with van der Waals surface area (Å²) in [4.78, 5) is 36.9. The van der Waals surface area contributed by atoms with Gasteiger partial charge in [0.25, 0.3) is 0 Å². The maximum absolute atomic E-state index is 13.9. The normalized spacial score (nSPS) is 15.5. The van der Waals surface area contributed by atoms with E-state index in [0.717, 1.165) is 33.1 Å². The SMILES string of the molecule is COc1cc2c(cc1OC)-c1nn(CCOCCNC(=O)CSC3CC(=O)N(C)C3=O)c(Nc3cccc(F)c3)c1C2. The van der Waals surface area contributed by atoms with E-state index in [9.17, 15) is 18.8 Å². The zero-order chi connectivity index (χ0) is 29.8. The van der Waals surface area contributed by atoms with Gasteiger partial charge in [-0.25, -0.2) is 9.07 Å². The third-order valence-corrected chi connectivity index (χ3v) is 8.34. The Bertz CT molecular complexity index is 1510. The summed E-state index contributed by atoms with van der Waals surface area (Å²) in [5, 5.41) is 10.5. The zero-order valence-electron chi connectivity index (χ0n) is 23.6. The fourth-order valence-electron chi connectivity index (χ4n) is 4.96. The molecule has 1 aromatic heterocycles. The average molecular weight is 598 g/mol. The predicted octanol–water partition coefficient (Wildman–Crippen LogP) is 2.98. The smallest absolute Gasteiger partial charge is 0.242 e. The molecule has 0 bridgehead atoms. The molecule has 1 unspecified atom stereocenters. The van der Waals surface area contributed by atoms with Crippen LogP contribution in [0.3, 0.4) is 0 Å². The molecular weight excluding hydrogens is 565 g/mol. The first-order valence-corrected chi connectivity index (χ1v) is 14.5. The largest absolute Gasteiger partial charge is 0.493 e. The number of anilines is 2. The van der Waals surface area contributed by atoms with E-state index in [1.165, 1.54) is 30.9 Å². The molecular formula is C29H32FN5O6S. The minimum Gasteiger partial charge on any atom is -0.493 e. The van der Waals surface area contributed by atoms with Gasteiger partial charge in [0.2, 0.25) is 17.7 Å². The number of benzene rings is 2. The summed E-state index contributed by atoms with van der Waals surface area (Å²) in [6, 6.07) is 10.1. The van der Waals surface area contributed by atoms with Gasteiger partial charge in [0.15, 0.2) is 11.5 Å². The second kappa shape index (κ2) is 12.8. The Morgan fingerprint density at radius 3 is 2.64 bits per heavy atom. The van der Waals surface area contributed by atoms with Crippen molar-refractivity contribution in [2.24, 2.45) is 0 Å². The summed E-state index contributed by atoms with van der Waals surface area (Å²) in [5.74, 6) is 1.01. The van der Waals surface area contributed by atoms with Crippen molar-refractivity contribution in [1.82, 2.24) is 20.0 Å². The van der Waals surface area contributed by atoms with Gasteiger partial charge in [0, 0.05) is 43.2 Å². The molecule has 11 nitrogen and oxygen atoms in total. The van der Waals surface area contributed by atoms with Crippen LogP contribution in [0.1, 0.15) is 17.5 Å². The van der Waals surface area contributed by atoms with Crippen LogP contribution in [-0.2, 0) is 32.1 Å². The third-order valence-electron chi connectivity index (χ3n) is 7.14. The number of nitrogens with one attached hydrogen (secondary N) is 2. The molecule has 2 N–H and O–H groups in total. The number of imide groups is 1. The highest BCUT2D eigenvalue weighted by Crippen LogP contribution is 2.45. The number of amides is 3. The number of carbonyl (C=O) groups is 3. The fraction of sp³-hybridized carbons (Fsp3) is 0.379. The Kier molecular flexibility index (Phi) is 8.97. The molecule has 0 spiro atoms. The fourth-order valence-corrected chi connectivity index (χ4v) is 5.98. The molecule has 2 aromatic carbocycles. The number of thioether (sulfide) groups is 1. The number of fused-ring (bicyclic) bond motifs is 3. The van der Waals surface area contributed by atoms with Gasteiger partial charge in [0.1, 0.15) is 11.6 Å². The van der Waals surface area contributed by atoms with E-state index in [0.29, 0.717) is 43.3 Å². The number of hydrogen-bond acceptors (Lipinski definition) is 9. The van der Waals surface area contributed by atoms with E-state index in [2.05, 4.69) is 10.6 Å². The number of carbonyl (C=O) groups excluding carboxylic acids is 3. The molecule has 2 heterocycles. The Balaban J connectivity index is 1.18. The van der Waals surface area contributed by atoms with Crippen molar-refractivity contribution in [3.05, 3.63) is 53.3 Å². The summed E-state index contributed by atoms with van der Waals surface area (Å²) in [6.45, 7) is 1.33. The number of hydrogen-bond donors (Lipinski definition) is 2. The van der Waals surface area contributed by atoms with E-state index >= 15 is 0 Å². The Labute approximate surface area is 246 Å². The molecule has 42 heavy (non-hydrogen) atoms. The predicted molar refractivity (Wildman–Crippen MR) is 156 cm³/mol. The van der Waals surface area contributed by atoms with Crippen molar-refractivity contribution in [2.75, 3.05) is 52.1 Å². The molecule has 1 fully saturated rings. The van der Waals surface area contributed by atoms with E-state index in [-0.39, 0.29) is 42.3 Å². The Hall–Kier alpha value is -4.10. The average Bonchev–Trinajstić information content (AvgIpc) is 3.58. The van der Waals surface area contributed by atoms with Gasteiger partial charge in [-0.1, -0.05) is 6.07 Å². The lowest BCUT2D eigenvalue weighted by molar-refractivity contribution is -0.136. The van der Waals surface area contributed by atoms with Crippen LogP contribution >= 0.6 is 11.8 Å². The highest BCUT2D eigenvalue weighted by Gasteiger charge is 2.36. The van der Waals surface area contributed by atoms with Crippen LogP contribution in [0, 0.1) is 5.82 Å². The van der Waals surface area contributed by atoms with Gasteiger partial charge in [0.05, 0.1) is 50.7 Å². The van der Waals surface area contributed by atoms with Gasteiger partial charge in [-0.15, -0.1) is 11.8 Å². The summed E-state index contributed by atoms with van der Waals surface area (Å²) in [6.07, 6.45) is 0.737. The number of aromatic nitrogens is 2. The first-order chi connectivity index (χ1) is 20.3. The lowest BCUT2D eigenvalue weighted by Crippen LogP contribution is -2.31. The van der Waals surface area contributed by atoms with Crippen LogP contribution in [0.2, 0.25) is 0 Å². The summed E-state index contributed by atoms with van der Waals surface area (Å²) in [5.41, 5.74) is 4.38. The quantitative estimate of drug-likeness (QED) is 0.177. The number of methoxy groups -OCH3 is 2. The van der Waals surface area contributed by atoms with Crippen LogP contribution in [0.25, 0.3) is 11.3 Å². The molecule has 1 saturated heterocycles. The van der Waals surface area contributed by atoms with Crippen molar-refractivity contribution in [2.45, 2.75) is 24.6 Å². The van der Waals surface area contributed by atoms with Crippen LogP contribution < -0.4 is 20.1 Å². The van der Waals surface area contributed by atoms with Gasteiger partial charge in [-0.3, -0.25) is 19.3 Å². The van der Waals surface area contributed by atoms with E-state index in [1.54, 1.807) is 31.0 Å². The van der Waals surface area contributed by atoms with Crippen molar-refractivity contribution < 1.29 is 33.0 Å². The van der Waals surface area contributed by atoms with Gasteiger partial charge in [-0.2, -0.15) is 5.10 Å². The molecule has 1 aliphatic carbocycles. The number of halogens is 1. The van der Waals surface area contributed by atoms with Gasteiger partial charge in [-0.05, 0) is 35.9 Å². The number of rotatable bonds is 13. The van der Waals surface area contributed by atoms with Gasteiger partial charge < -0.3 is 24.8 Å². The molecule has 5 rings (SSSR count). The van der Waals surface area contributed by atoms with E-state index in [4.69, 9.17) is 19.3 Å². The molecule has 3 aromatic rings. The number of likely N-dealkylation sites (tertiary alicyclic amines) is 1. The van der Waals surface area contributed by atoms with Crippen LogP contribution in [-0.4, -0.2) is 84.4 Å². The highest BCUT2D eigenvalue weighted by molar-refractivity contribution is 8.01. The van der Waals surface area contributed by atoms with Crippen molar-refractivity contribution in [1.29, 1.82) is 0 Å². The lowest BCUT2D eigenvalue weighted by Gasteiger charge is -2.14. The first-order valence-electron chi connectivity index (χ1n) is 13.4. The molecule has 0 radical (unpaired) electrons. The second-order valence-corrected chi connectivity index (χ2v) is 11.0. The third kappa shape index (κ3) is 6.21. The van der Waals surface area contributed by atoms with Crippen molar-refractivity contribution >= 4 is 41.0 Å². The number of nitrogens with zero attached hydrogens (tertiary/aromatic N) is 3. The highest BCUT2D eigenvalue weighted by atomic mass is 32.2. The molecule has 13 heteroatoms. The topological polar surface area (TPSA) is 124 Å². The van der Waals surface area contributed by atoms with Crippen LogP contribution in [0.15, 0.2) is 36.4 Å². The molecule has 2 aliphatic rings. The monoisotopic (exact) mass is 597 g/mol. The maximum Gasteiger partial charge on any atom is 0.242 e. The second-order valence-electron chi connectivity index (χ2n) is 9.83. The Morgan fingerprint density at radius 2 is 1.93 bits per heavy atom. The minimum atomic E-state index is -0.509. The minimum absolute atomic E-state index is 0.0869. The maximum atomic E-state index is 13.9. The first kappa shape index (κ1) is 29.4. The number of ether oxygens (including phenoxy) is 3. The van der Waals surface area contributed by atoms with Crippen LogP contribution in [0.4, 0.5) is 15.9 Å². The van der Waals surface area contributed by atoms with Crippen molar-refractivity contribution in [3.8, 4) is 22.8 Å². The summed E-state index contributed by atoms with van der Waals surface area (Å²) >= 11 is 1.17. The molecule has 222 valence electrons. The lowest BCUT2D eigenvalue weighted by atomic mass is 10.1. The molecule has 3 amide bonds. The standard InChI is InChI=1S/C29H32FN5O6S/c1-34-26(37)15-24(29(34)38)42-16-25(36)31-7-9-41-10-8-35-28(32-19-6-4-5-18(30)13-19)21-11-17-12-22(39-2)23(40-3)14-20(17)27(21)33-35/h4-6,12-14,24,32H,7-11,15-16H2,1-3H3,(H,31,36). The molecule has 1 atom stereocenters. The summed E-state index contributed by atoms with van der Waals surface area (Å²) in [7, 11) is 4.64. The van der Waals surface area contributed by atoms with E-state index < -0.39 is 5.25 Å². The molecule has 0 saturated carbocycles. The van der Waals surface area contributed by atoms with E-state index in [1.807, 2.05) is 12.1 Å². The summed E-state index contributed by atoms with van der Waals surface area (Å²) < 4.78 is 32.5. The zero-order valence-corrected chi connectivity index (χ0v) is 24.4. The molecule has 1 aliphatic heterocycles. The van der Waals surface area contributed by atoms with Crippen molar-refractivity contribution in [3.63, 3.8) is 0 Å². The van der Waals surface area contributed by atoms with Crippen LogP contribution in [0.5, 0.6) is 11.5 Å².